The van der Waals surface area contributed by atoms with Gasteiger partial charge in [0.05, 0.1) is 10.5 Å². The van der Waals surface area contributed by atoms with Gasteiger partial charge in [-0.1, -0.05) is 11.2 Å². The van der Waals surface area contributed by atoms with E-state index in [9.17, 15) is 13.2 Å². The second-order valence-corrected chi connectivity index (χ2v) is 8.14. The van der Waals surface area contributed by atoms with E-state index in [1.807, 2.05) is 16.8 Å². The zero-order chi connectivity index (χ0) is 18.0. The Labute approximate surface area is 148 Å². The van der Waals surface area contributed by atoms with Crippen LogP contribution in [-0.2, 0) is 21.2 Å². The van der Waals surface area contributed by atoms with Gasteiger partial charge in [0.2, 0.25) is 5.82 Å². The highest BCUT2D eigenvalue weighted by atomic mass is 32.2. The van der Waals surface area contributed by atoms with Gasteiger partial charge in [0.25, 0.3) is 5.89 Å². The van der Waals surface area contributed by atoms with E-state index >= 15 is 0 Å². The lowest BCUT2D eigenvalue weighted by Crippen LogP contribution is -2.09. The van der Waals surface area contributed by atoms with Crippen molar-refractivity contribution in [2.45, 2.75) is 18.4 Å². The molecule has 2 aromatic heterocycles. The summed E-state index contributed by atoms with van der Waals surface area (Å²) < 4.78 is 33.5. The number of carbonyl (C=O) groups excluding carboxylic acids is 1. The summed E-state index contributed by atoms with van der Waals surface area (Å²) in [4.78, 5) is 16.5. The maximum Gasteiger partial charge on any atom is 0.338 e. The molecule has 2 heterocycles. The number of nitrogens with zero attached hydrogens (tertiary/aromatic N) is 2. The number of hydrogen-bond acceptors (Lipinski definition) is 8. The Bertz CT molecular complexity index is 1010. The molecule has 7 nitrogen and oxygen atoms in total. The molecule has 0 atom stereocenters. The highest BCUT2D eigenvalue weighted by Gasteiger charge is 2.17. The number of rotatable bonds is 5. The molecule has 1 aromatic carbocycles. The molecule has 0 spiro atoms. The molecule has 3 rings (SSSR count). The molecule has 0 aliphatic rings. The SMILES string of the molecule is Cc1ccc(S(C)(=O)=O)cc1C(=O)OCc1nc(-c2ccsc2)no1. The number of carbonyl (C=O) groups is 1. The molecule has 130 valence electrons. The third-order valence-corrected chi connectivity index (χ3v) is 5.22. The average molecular weight is 378 g/mol. The lowest BCUT2D eigenvalue weighted by atomic mass is 10.1. The number of thiophene rings is 1. The van der Waals surface area contributed by atoms with E-state index in [1.54, 1.807) is 13.0 Å². The molecule has 9 heteroatoms. The van der Waals surface area contributed by atoms with Crippen LogP contribution in [0.2, 0.25) is 0 Å². The third-order valence-electron chi connectivity index (χ3n) is 3.43. The molecule has 25 heavy (non-hydrogen) atoms. The topological polar surface area (TPSA) is 99.4 Å². The Hall–Kier alpha value is -2.52. The minimum atomic E-state index is -3.41. The van der Waals surface area contributed by atoms with Crippen LogP contribution in [0, 0.1) is 6.92 Å². The summed E-state index contributed by atoms with van der Waals surface area (Å²) in [6.45, 7) is 1.50. The van der Waals surface area contributed by atoms with Crippen molar-refractivity contribution in [1.82, 2.24) is 10.1 Å². The first-order valence-electron chi connectivity index (χ1n) is 7.17. The zero-order valence-electron chi connectivity index (χ0n) is 13.4. The Kier molecular flexibility index (Phi) is 4.69. The maximum absolute atomic E-state index is 12.2. The van der Waals surface area contributed by atoms with Crippen molar-refractivity contribution in [2.24, 2.45) is 0 Å². The van der Waals surface area contributed by atoms with Gasteiger partial charge in [-0.2, -0.15) is 16.3 Å². The molecule has 0 unspecified atom stereocenters. The standard InChI is InChI=1S/C16H14N2O5S2/c1-10-3-4-12(25(2,20)21)7-13(10)16(19)22-8-14-17-15(18-23-14)11-5-6-24-9-11/h3-7,9H,8H2,1-2H3. The van der Waals surface area contributed by atoms with Crippen molar-refractivity contribution in [3.05, 3.63) is 52.0 Å². The van der Waals surface area contributed by atoms with E-state index in [0.717, 1.165) is 11.8 Å². The van der Waals surface area contributed by atoms with E-state index in [4.69, 9.17) is 9.26 Å². The van der Waals surface area contributed by atoms with Gasteiger partial charge in [-0.05, 0) is 36.1 Å². The quantitative estimate of drug-likeness (QED) is 0.629. The normalized spacial score (nSPS) is 11.4. The van der Waals surface area contributed by atoms with E-state index < -0.39 is 15.8 Å². The van der Waals surface area contributed by atoms with Crippen LogP contribution in [0.3, 0.4) is 0 Å². The second kappa shape index (κ2) is 6.77. The van der Waals surface area contributed by atoms with E-state index in [-0.39, 0.29) is 23.0 Å². The molecular weight excluding hydrogens is 364 g/mol. The fourth-order valence-corrected chi connectivity index (χ4v) is 3.36. The van der Waals surface area contributed by atoms with Gasteiger partial charge in [0, 0.05) is 17.2 Å². The zero-order valence-corrected chi connectivity index (χ0v) is 15.1. The summed E-state index contributed by atoms with van der Waals surface area (Å²) in [7, 11) is -3.41. The Morgan fingerprint density at radius 3 is 2.80 bits per heavy atom. The number of ether oxygens (including phenoxy) is 1. The Morgan fingerprint density at radius 2 is 2.12 bits per heavy atom. The van der Waals surface area contributed by atoms with E-state index in [0.29, 0.717) is 11.4 Å². The van der Waals surface area contributed by atoms with Crippen LogP contribution < -0.4 is 0 Å². The summed E-state index contributed by atoms with van der Waals surface area (Å²) in [5, 5.41) is 7.59. The van der Waals surface area contributed by atoms with Gasteiger partial charge < -0.3 is 9.26 Å². The second-order valence-electron chi connectivity index (χ2n) is 5.35. The largest absolute Gasteiger partial charge is 0.452 e. The molecule has 0 aliphatic heterocycles. The van der Waals surface area contributed by atoms with Crippen LogP contribution in [0.25, 0.3) is 11.4 Å². The molecular formula is C16H14N2O5S2. The van der Waals surface area contributed by atoms with Crippen LogP contribution >= 0.6 is 11.3 Å². The first kappa shape index (κ1) is 17.3. The van der Waals surface area contributed by atoms with Crippen molar-refractivity contribution in [3.8, 4) is 11.4 Å². The fraction of sp³-hybridized carbons (Fsp3) is 0.188. The molecule has 0 N–H and O–H groups in total. The lowest BCUT2D eigenvalue weighted by molar-refractivity contribution is 0.0428. The van der Waals surface area contributed by atoms with Crippen LogP contribution in [0.15, 0.2) is 44.4 Å². The van der Waals surface area contributed by atoms with Crippen LogP contribution in [0.4, 0.5) is 0 Å². The molecule has 0 fully saturated rings. The number of hydrogen-bond donors (Lipinski definition) is 0. The van der Waals surface area contributed by atoms with Crippen LogP contribution in [-0.4, -0.2) is 30.8 Å². The summed E-state index contributed by atoms with van der Waals surface area (Å²) in [5.41, 5.74) is 1.62. The molecule has 0 bridgehead atoms. The summed E-state index contributed by atoms with van der Waals surface area (Å²) >= 11 is 1.51. The van der Waals surface area contributed by atoms with Gasteiger partial charge in [0.1, 0.15) is 0 Å². The monoisotopic (exact) mass is 378 g/mol. The van der Waals surface area contributed by atoms with Crippen molar-refractivity contribution < 1.29 is 22.5 Å². The molecule has 0 saturated carbocycles. The van der Waals surface area contributed by atoms with Crippen molar-refractivity contribution in [1.29, 1.82) is 0 Å². The number of aromatic nitrogens is 2. The van der Waals surface area contributed by atoms with Crippen molar-refractivity contribution >= 4 is 27.1 Å². The van der Waals surface area contributed by atoms with E-state index in [2.05, 4.69) is 10.1 Å². The summed E-state index contributed by atoms with van der Waals surface area (Å²) in [6, 6.07) is 6.17. The van der Waals surface area contributed by atoms with Gasteiger partial charge >= 0.3 is 5.97 Å². The summed E-state index contributed by atoms with van der Waals surface area (Å²) in [6.07, 6.45) is 1.08. The van der Waals surface area contributed by atoms with Gasteiger partial charge in [-0.25, -0.2) is 13.2 Å². The molecule has 3 aromatic rings. The van der Waals surface area contributed by atoms with Gasteiger partial charge in [0.15, 0.2) is 16.4 Å². The molecule has 0 radical (unpaired) electrons. The van der Waals surface area contributed by atoms with Crippen molar-refractivity contribution in [3.63, 3.8) is 0 Å². The van der Waals surface area contributed by atoms with Crippen LogP contribution in [0.5, 0.6) is 0 Å². The highest BCUT2D eigenvalue weighted by molar-refractivity contribution is 7.90. The number of aryl methyl sites for hydroxylation is 1. The van der Waals surface area contributed by atoms with E-state index in [1.165, 1.54) is 23.5 Å². The average Bonchev–Trinajstić information content (AvgIpc) is 3.23. The smallest absolute Gasteiger partial charge is 0.338 e. The van der Waals surface area contributed by atoms with Crippen molar-refractivity contribution in [2.75, 3.05) is 6.26 Å². The molecule has 0 amide bonds. The number of benzene rings is 1. The number of sulfone groups is 1. The Morgan fingerprint density at radius 1 is 1.32 bits per heavy atom. The summed E-state index contributed by atoms with van der Waals surface area (Å²) in [5.74, 6) is -0.0766. The number of esters is 1. The third kappa shape index (κ3) is 3.94. The lowest BCUT2D eigenvalue weighted by Gasteiger charge is -2.07. The predicted molar refractivity (Wildman–Crippen MR) is 91.0 cm³/mol. The first-order chi connectivity index (χ1) is 11.8. The fourth-order valence-electron chi connectivity index (χ4n) is 2.08. The minimum absolute atomic E-state index is 0.0579. The van der Waals surface area contributed by atoms with Crippen LogP contribution in [0.1, 0.15) is 21.8 Å². The first-order valence-corrected chi connectivity index (χ1v) is 10.0. The van der Waals surface area contributed by atoms with Gasteiger partial charge in [-0.3, -0.25) is 0 Å². The maximum atomic E-state index is 12.2. The van der Waals surface area contributed by atoms with Gasteiger partial charge in [-0.15, -0.1) is 0 Å². The predicted octanol–water partition coefficient (Wildman–Crippen LogP) is 2.87. The highest BCUT2D eigenvalue weighted by Crippen LogP contribution is 2.20. The Balaban J connectivity index is 1.73. The molecule has 0 aliphatic carbocycles. The minimum Gasteiger partial charge on any atom is -0.452 e. The molecule has 0 saturated heterocycles.